The maximum Gasteiger partial charge on any atom is 0.134 e. The van der Waals surface area contributed by atoms with Gasteiger partial charge in [-0.3, -0.25) is 0 Å². The van der Waals surface area contributed by atoms with Crippen molar-refractivity contribution in [3.05, 3.63) is 83.4 Å². The van der Waals surface area contributed by atoms with Crippen molar-refractivity contribution < 1.29 is 17.6 Å². The van der Waals surface area contributed by atoms with E-state index in [2.05, 4.69) is 0 Å². The molecule has 3 rings (SSSR count). The van der Waals surface area contributed by atoms with Crippen LogP contribution in [-0.2, 0) is 0 Å². The van der Waals surface area contributed by atoms with E-state index < -0.39 is 23.3 Å². The van der Waals surface area contributed by atoms with Crippen molar-refractivity contribution in [2.24, 2.45) is 0 Å². The van der Waals surface area contributed by atoms with Gasteiger partial charge in [0.2, 0.25) is 0 Å². The Hall–Kier alpha value is -2.62. The summed E-state index contributed by atoms with van der Waals surface area (Å²) in [6.07, 6.45) is 0. The summed E-state index contributed by atoms with van der Waals surface area (Å²) in [7, 11) is 0. The van der Waals surface area contributed by atoms with E-state index in [4.69, 9.17) is 0 Å². The molecule has 3 aromatic carbocycles. The highest BCUT2D eigenvalue weighted by atomic mass is 19.1. The first-order valence-corrected chi connectivity index (χ1v) is 6.98. The normalized spacial score (nSPS) is 10.8. The lowest BCUT2D eigenvalue weighted by Crippen LogP contribution is -1.93. The standard InChI is InChI=1S/C19H12F4/c1-11-9-16(22)19(17(23)10-11)13-7-5-12(6-8-13)18-14(20)3-2-4-15(18)21/h2-10H,1H3. The number of aryl methyl sites for hydroxylation is 1. The largest absolute Gasteiger partial charge is 0.206 e. The summed E-state index contributed by atoms with van der Waals surface area (Å²) in [5.74, 6) is -2.73. The lowest BCUT2D eigenvalue weighted by atomic mass is 9.98. The number of hydrogen-bond acceptors (Lipinski definition) is 0. The van der Waals surface area contributed by atoms with E-state index >= 15 is 0 Å². The van der Waals surface area contributed by atoms with Gasteiger partial charge in [0.15, 0.2) is 0 Å². The molecule has 0 amide bonds. The molecule has 0 radical (unpaired) electrons. The molecule has 0 fully saturated rings. The van der Waals surface area contributed by atoms with Crippen LogP contribution in [0.25, 0.3) is 22.3 Å². The van der Waals surface area contributed by atoms with E-state index in [-0.39, 0.29) is 11.1 Å². The van der Waals surface area contributed by atoms with Crippen LogP contribution >= 0.6 is 0 Å². The monoisotopic (exact) mass is 316 g/mol. The van der Waals surface area contributed by atoms with Crippen LogP contribution in [0.15, 0.2) is 54.6 Å². The van der Waals surface area contributed by atoms with Gasteiger partial charge in [-0.05, 0) is 47.9 Å². The fraction of sp³-hybridized carbons (Fsp3) is 0.0526. The first kappa shape index (κ1) is 15.3. The van der Waals surface area contributed by atoms with Crippen molar-refractivity contribution in [2.75, 3.05) is 0 Å². The third-order valence-corrected chi connectivity index (χ3v) is 3.61. The minimum atomic E-state index is -0.689. The highest BCUT2D eigenvalue weighted by Crippen LogP contribution is 2.31. The van der Waals surface area contributed by atoms with Crippen LogP contribution in [0.2, 0.25) is 0 Å². The summed E-state index contributed by atoms with van der Waals surface area (Å²) in [5.41, 5.74) is 0.770. The van der Waals surface area contributed by atoms with Crippen LogP contribution in [0.5, 0.6) is 0 Å². The average molecular weight is 316 g/mol. The Morgan fingerprint density at radius 1 is 0.565 bits per heavy atom. The van der Waals surface area contributed by atoms with Crippen molar-refractivity contribution in [1.29, 1.82) is 0 Å². The molecule has 0 aliphatic rings. The fourth-order valence-corrected chi connectivity index (χ4v) is 2.55. The Kier molecular flexibility index (Phi) is 3.90. The van der Waals surface area contributed by atoms with Gasteiger partial charge in [-0.1, -0.05) is 30.3 Å². The Morgan fingerprint density at radius 2 is 0.957 bits per heavy atom. The average Bonchev–Trinajstić information content (AvgIpc) is 2.47. The number of hydrogen-bond donors (Lipinski definition) is 0. The third kappa shape index (κ3) is 2.84. The summed E-state index contributed by atoms with van der Waals surface area (Å²) in [5, 5.41) is 0. The summed E-state index contributed by atoms with van der Waals surface area (Å²) in [6, 6.07) is 11.8. The summed E-state index contributed by atoms with van der Waals surface area (Å²) < 4.78 is 55.5. The van der Waals surface area contributed by atoms with Crippen LogP contribution in [0, 0.1) is 30.2 Å². The van der Waals surface area contributed by atoms with Crippen LogP contribution < -0.4 is 0 Å². The van der Waals surface area contributed by atoms with Gasteiger partial charge in [0, 0.05) is 0 Å². The molecule has 0 nitrogen and oxygen atoms in total. The second-order valence-electron chi connectivity index (χ2n) is 5.28. The van der Waals surface area contributed by atoms with Crippen molar-refractivity contribution >= 4 is 0 Å². The fourth-order valence-electron chi connectivity index (χ4n) is 2.55. The predicted molar refractivity (Wildman–Crippen MR) is 81.9 cm³/mol. The molecule has 0 aliphatic heterocycles. The van der Waals surface area contributed by atoms with E-state index in [1.807, 2.05) is 0 Å². The minimum absolute atomic E-state index is 0.156. The molecule has 116 valence electrons. The van der Waals surface area contributed by atoms with Gasteiger partial charge in [-0.25, -0.2) is 17.6 Å². The minimum Gasteiger partial charge on any atom is -0.206 e. The molecule has 0 saturated carbocycles. The molecule has 0 unspecified atom stereocenters. The maximum absolute atomic E-state index is 14.0. The van der Waals surface area contributed by atoms with Crippen LogP contribution in [0.4, 0.5) is 17.6 Å². The van der Waals surface area contributed by atoms with Crippen molar-refractivity contribution in [3.63, 3.8) is 0 Å². The predicted octanol–water partition coefficient (Wildman–Crippen LogP) is 5.89. The quantitative estimate of drug-likeness (QED) is 0.517. The number of rotatable bonds is 2. The summed E-state index contributed by atoms with van der Waals surface area (Å²) >= 11 is 0. The first-order chi connectivity index (χ1) is 11.0. The molecule has 0 aliphatic carbocycles. The van der Waals surface area contributed by atoms with Gasteiger partial charge in [0.25, 0.3) is 0 Å². The molecule has 0 spiro atoms. The number of halogens is 4. The van der Waals surface area contributed by atoms with E-state index in [0.29, 0.717) is 16.7 Å². The highest BCUT2D eigenvalue weighted by molar-refractivity contribution is 5.71. The SMILES string of the molecule is Cc1cc(F)c(-c2ccc(-c3c(F)cccc3F)cc2)c(F)c1. The van der Waals surface area contributed by atoms with Gasteiger partial charge in [0.1, 0.15) is 23.3 Å². The molecule has 0 heterocycles. The molecule has 0 saturated heterocycles. The Balaban J connectivity index is 2.07. The Morgan fingerprint density at radius 3 is 1.39 bits per heavy atom. The van der Waals surface area contributed by atoms with E-state index in [9.17, 15) is 17.6 Å². The summed E-state index contributed by atoms with van der Waals surface area (Å²) in [6.45, 7) is 1.60. The number of benzene rings is 3. The van der Waals surface area contributed by atoms with Crippen molar-refractivity contribution in [2.45, 2.75) is 6.92 Å². The van der Waals surface area contributed by atoms with E-state index in [1.165, 1.54) is 42.5 Å². The van der Waals surface area contributed by atoms with Gasteiger partial charge in [-0.2, -0.15) is 0 Å². The van der Waals surface area contributed by atoms with Gasteiger partial charge < -0.3 is 0 Å². The van der Waals surface area contributed by atoms with E-state index in [0.717, 1.165) is 12.1 Å². The molecule has 0 bridgehead atoms. The third-order valence-electron chi connectivity index (χ3n) is 3.61. The highest BCUT2D eigenvalue weighted by Gasteiger charge is 2.14. The Labute approximate surface area is 131 Å². The lowest BCUT2D eigenvalue weighted by molar-refractivity contribution is 0.587. The molecule has 0 N–H and O–H groups in total. The van der Waals surface area contributed by atoms with E-state index in [1.54, 1.807) is 6.92 Å². The van der Waals surface area contributed by atoms with Crippen LogP contribution in [-0.4, -0.2) is 0 Å². The maximum atomic E-state index is 14.0. The molecular weight excluding hydrogens is 304 g/mol. The van der Waals surface area contributed by atoms with Crippen LogP contribution in [0.1, 0.15) is 5.56 Å². The van der Waals surface area contributed by atoms with Gasteiger partial charge >= 0.3 is 0 Å². The molecule has 3 aromatic rings. The zero-order valence-corrected chi connectivity index (χ0v) is 12.2. The van der Waals surface area contributed by atoms with Crippen molar-refractivity contribution in [3.8, 4) is 22.3 Å². The zero-order valence-electron chi connectivity index (χ0n) is 12.2. The second kappa shape index (κ2) is 5.88. The van der Waals surface area contributed by atoms with Gasteiger partial charge in [-0.15, -0.1) is 0 Å². The summed E-state index contributed by atoms with van der Waals surface area (Å²) in [4.78, 5) is 0. The molecule has 4 heteroatoms. The molecule has 0 aromatic heterocycles. The van der Waals surface area contributed by atoms with Crippen LogP contribution in [0.3, 0.4) is 0 Å². The smallest absolute Gasteiger partial charge is 0.134 e. The molecular formula is C19H12F4. The van der Waals surface area contributed by atoms with Crippen molar-refractivity contribution in [1.82, 2.24) is 0 Å². The zero-order chi connectivity index (χ0) is 16.6. The molecule has 23 heavy (non-hydrogen) atoms. The topological polar surface area (TPSA) is 0 Å². The van der Waals surface area contributed by atoms with Gasteiger partial charge in [0.05, 0.1) is 11.1 Å². The lowest BCUT2D eigenvalue weighted by Gasteiger charge is -2.09. The molecule has 0 atom stereocenters. The first-order valence-electron chi connectivity index (χ1n) is 6.98. The second-order valence-corrected chi connectivity index (χ2v) is 5.28. The Bertz CT molecular complexity index is 824.